The maximum Gasteiger partial charge on any atom is 0.258 e. The number of hydrogen-bond acceptors (Lipinski definition) is 2. The third kappa shape index (κ3) is 2.82. The van der Waals surface area contributed by atoms with Crippen molar-refractivity contribution in [2.45, 2.75) is 20.3 Å². The first kappa shape index (κ1) is 14.1. The maximum atomic E-state index is 12.4. The zero-order chi connectivity index (χ0) is 14.7. The average Bonchev–Trinajstić information content (AvgIpc) is 2.48. The molecule has 2 aromatic carbocycles. The van der Waals surface area contributed by atoms with Gasteiger partial charge >= 0.3 is 0 Å². The summed E-state index contributed by atoms with van der Waals surface area (Å²) in [5.74, 6) is 0.00938. The van der Waals surface area contributed by atoms with Crippen LogP contribution in [0.5, 0.6) is 5.75 Å². The molecule has 0 fully saturated rings. The van der Waals surface area contributed by atoms with Crippen LogP contribution in [0.3, 0.4) is 0 Å². The van der Waals surface area contributed by atoms with Gasteiger partial charge in [0.1, 0.15) is 5.75 Å². The topological polar surface area (TPSA) is 40.5 Å². The van der Waals surface area contributed by atoms with Crippen LogP contribution in [0.2, 0.25) is 0 Å². The highest BCUT2D eigenvalue weighted by atomic mass is 16.3. The number of benzene rings is 2. The lowest BCUT2D eigenvalue weighted by molar-refractivity contribution is 0.0992. The standard InChI is InChI=1S/C17H19NO2/c1-4-13-6-9-15(10-7-13)18(3)17(20)14-8-5-12(2)16(19)11-14/h5-11,19H,4H2,1-3H3. The van der Waals surface area contributed by atoms with Gasteiger partial charge in [0.05, 0.1) is 0 Å². The number of aryl methyl sites for hydroxylation is 2. The van der Waals surface area contributed by atoms with E-state index in [4.69, 9.17) is 0 Å². The Labute approximate surface area is 119 Å². The number of rotatable bonds is 3. The molecule has 0 heterocycles. The molecule has 0 unspecified atom stereocenters. The van der Waals surface area contributed by atoms with Gasteiger partial charge in [-0.05, 0) is 48.7 Å². The Bertz CT molecular complexity index is 617. The smallest absolute Gasteiger partial charge is 0.258 e. The zero-order valence-electron chi connectivity index (χ0n) is 12.1. The Morgan fingerprint density at radius 1 is 1.15 bits per heavy atom. The summed E-state index contributed by atoms with van der Waals surface area (Å²) in [4.78, 5) is 14.0. The van der Waals surface area contributed by atoms with Crippen molar-refractivity contribution in [2.24, 2.45) is 0 Å². The van der Waals surface area contributed by atoms with E-state index in [-0.39, 0.29) is 11.7 Å². The number of anilines is 1. The van der Waals surface area contributed by atoms with Gasteiger partial charge in [-0.15, -0.1) is 0 Å². The molecular formula is C17H19NO2. The van der Waals surface area contributed by atoms with E-state index in [1.54, 1.807) is 31.0 Å². The maximum absolute atomic E-state index is 12.4. The normalized spacial score (nSPS) is 10.3. The van der Waals surface area contributed by atoms with Crippen LogP contribution in [-0.2, 0) is 6.42 Å². The molecule has 20 heavy (non-hydrogen) atoms. The molecule has 3 nitrogen and oxygen atoms in total. The highest BCUT2D eigenvalue weighted by Crippen LogP contribution is 2.21. The van der Waals surface area contributed by atoms with E-state index in [1.165, 1.54) is 11.6 Å². The number of nitrogens with zero attached hydrogens (tertiary/aromatic N) is 1. The van der Waals surface area contributed by atoms with E-state index >= 15 is 0 Å². The quantitative estimate of drug-likeness (QED) is 0.925. The Hall–Kier alpha value is -2.29. The summed E-state index contributed by atoms with van der Waals surface area (Å²) in [6.07, 6.45) is 0.976. The Morgan fingerprint density at radius 3 is 2.35 bits per heavy atom. The molecular weight excluding hydrogens is 250 g/mol. The van der Waals surface area contributed by atoms with Gasteiger partial charge in [0, 0.05) is 18.3 Å². The fourth-order valence-electron chi connectivity index (χ4n) is 2.01. The van der Waals surface area contributed by atoms with Crippen molar-refractivity contribution in [3.05, 3.63) is 59.2 Å². The minimum Gasteiger partial charge on any atom is -0.508 e. The van der Waals surface area contributed by atoms with Crippen molar-refractivity contribution in [1.29, 1.82) is 0 Å². The first-order valence-electron chi connectivity index (χ1n) is 6.69. The minimum atomic E-state index is -0.135. The predicted octanol–water partition coefficient (Wildman–Crippen LogP) is 3.54. The van der Waals surface area contributed by atoms with E-state index in [0.717, 1.165) is 17.7 Å². The molecule has 0 atom stereocenters. The van der Waals surface area contributed by atoms with Crippen molar-refractivity contribution in [1.82, 2.24) is 0 Å². The third-order valence-electron chi connectivity index (χ3n) is 3.49. The largest absolute Gasteiger partial charge is 0.508 e. The van der Waals surface area contributed by atoms with E-state index < -0.39 is 0 Å². The van der Waals surface area contributed by atoms with Crippen LogP contribution in [0.1, 0.15) is 28.4 Å². The van der Waals surface area contributed by atoms with Gasteiger partial charge in [0.25, 0.3) is 5.91 Å². The molecule has 0 radical (unpaired) electrons. The number of carbonyl (C=O) groups is 1. The van der Waals surface area contributed by atoms with E-state index in [0.29, 0.717) is 5.56 Å². The summed E-state index contributed by atoms with van der Waals surface area (Å²) < 4.78 is 0. The highest BCUT2D eigenvalue weighted by Gasteiger charge is 2.14. The molecule has 0 spiro atoms. The van der Waals surface area contributed by atoms with Crippen molar-refractivity contribution in [2.75, 3.05) is 11.9 Å². The van der Waals surface area contributed by atoms with Crippen molar-refractivity contribution in [3.63, 3.8) is 0 Å². The number of carbonyl (C=O) groups excluding carboxylic acids is 1. The number of phenols is 1. The molecule has 1 N–H and O–H groups in total. The molecule has 3 heteroatoms. The van der Waals surface area contributed by atoms with Gasteiger partial charge in [0.2, 0.25) is 0 Å². The summed E-state index contributed by atoms with van der Waals surface area (Å²) in [5.41, 5.74) is 3.32. The number of amides is 1. The van der Waals surface area contributed by atoms with Gasteiger partial charge in [-0.3, -0.25) is 4.79 Å². The van der Waals surface area contributed by atoms with Crippen molar-refractivity contribution >= 4 is 11.6 Å². The summed E-state index contributed by atoms with van der Waals surface area (Å²) >= 11 is 0. The zero-order valence-corrected chi connectivity index (χ0v) is 12.1. The minimum absolute atomic E-state index is 0.135. The second kappa shape index (κ2) is 5.78. The number of aromatic hydroxyl groups is 1. The van der Waals surface area contributed by atoms with Crippen LogP contribution in [0, 0.1) is 6.92 Å². The Morgan fingerprint density at radius 2 is 1.80 bits per heavy atom. The monoisotopic (exact) mass is 269 g/mol. The summed E-state index contributed by atoms with van der Waals surface area (Å²) in [7, 11) is 1.74. The molecule has 0 aliphatic heterocycles. The lowest BCUT2D eigenvalue weighted by atomic mass is 10.1. The van der Waals surface area contributed by atoms with Gasteiger partial charge in [-0.25, -0.2) is 0 Å². The third-order valence-corrected chi connectivity index (χ3v) is 3.49. The first-order chi connectivity index (χ1) is 9.52. The summed E-state index contributed by atoms with van der Waals surface area (Å²) in [6.45, 7) is 3.90. The second-order valence-corrected chi connectivity index (χ2v) is 4.89. The second-order valence-electron chi connectivity index (χ2n) is 4.89. The van der Waals surface area contributed by atoms with Crippen LogP contribution in [0.25, 0.3) is 0 Å². The fourth-order valence-corrected chi connectivity index (χ4v) is 2.01. The van der Waals surface area contributed by atoms with Crippen molar-refractivity contribution < 1.29 is 9.90 Å². The van der Waals surface area contributed by atoms with Crippen LogP contribution in [0.4, 0.5) is 5.69 Å². The van der Waals surface area contributed by atoms with E-state index in [9.17, 15) is 9.90 Å². The molecule has 0 aliphatic rings. The highest BCUT2D eigenvalue weighted by molar-refractivity contribution is 6.06. The predicted molar refractivity (Wildman–Crippen MR) is 81.4 cm³/mol. The molecule has 0 aromatic heterocycles. The molecule has 0 bridgehead atoms. The van der Waals surface area contributed by atoms with Gasteiger partial charge in [-0.2, -0.15) is 0 Å². The number of hydrogen-bond donors (Lipinski definition) is 1. The molecule has 0 saturated carbocycles. The van der Waals surface area contributed by atoms with Crippen LogP contribution in [0.15, 0.2) is 42.5 Å². The van der Waals surface area contributed by atoms with Gasteiger partial charge in [0.15, 0.2) is 0 Å². The lowest BCUT2D eigenvalue weighted by Gasteiger charge is -2.18. The molecule has 0 aliphatic carbocycles. The molecule has 2 rings (SSSR count). The van der Waals surface area contributed by atoms with Gasteiger partial charge in [-0.1, -0.05) is 25.1 Å². The molecule has 0 saturated heterocycles. The Balaban J connectivity index is 2.24. The Kier molecular flexibility index (Phi) is 4.08. The molecule has 2 aromatic rings. The van der Waals surface area contributed by atoms with Gasteiger partial charge < -0.3 is 10.0 Å². The molecule has 1 amide bonds. The van der Waals surface area contributed by atoms with Crippen molar-refractivity contribution in [3.8, 4) is 5.75 Å². The first-order valence-corrected chi connectivity index (χ1v) is 6.69. The number of phenolic OH excluding ortho intramolecular Hbond substituents is 1. The van der Waals surface area contributed by atoms with E-state index in [2.05, 4.69) is 6.92 Å². The summed E-state index contributed by atoms with van der Waals surface area (Å²) in [5, 5.41) is 9.70. The lowest BCUT2D eigenvalue weighted by Crippen LogP contribution is -2.26. The fraction of sp³-hybridized carbons (Fsp3) is 0.235. The van der Waals surface area contributed by atoms with Crippen LogP contribution >= 0.6 is 0 Å². The van der Waals surface area contributed by atoms with Crippen LogP contribution in [-0.4, -0.2) is 18.1 Å². The SMILES string of the molecule is CCc1ccc(N(C)C(=O)c2ccc(C)c(O)c2)cc1. The summed E-state index contributed by atoms with van der Waals surface area (Å²) in [6, 6.07) is 12.9. The average molecular weight is 269 g/mol. The molecule has 104 valence electrons. The van der Waals surface area contributed by atoms with E-state index in [1.807, 2.05) is 24.3 Å². The van der Waals surface area contributed by atoms with Crippen LogP contribution < -0.4 is 4.90 Å².